The van der Waals surface area contributed by atoms with Crippen molar-refractivity contribution in [3.8, 4) is 0 Å². The summed E-state index contributed by atoms with van der Waals surface area (Å²) in [5.41, 5.74) is 10.5. The number of anilines is 1. The molecule has 0 atom stereocenters. The van der Waals surface area contributed by atoms with Crippen LogP contribution < -0.4 is 10.6 Å². The first-order valence-electron chi connectivity index (χ1n) is 6.73. The molecule has 1 aliphatic heterocycles. The number of hydrogen-bond acceptors (Lipinski definition) is 3. The summed E-state index contributed by atoms with van der Waals surface area (Å²) < 4.78 is 1.89. The second-order valence-electron chi connectivity index (χ2n) is 5.21. The lowest BCUT2D eigenvalue weighted by Gasteiger charge is -2.31. The highest BCUT2D eigenvalue weighted by atomic mass is 32.1. The molecule has 0 unspecified atom stereocenters. The van der Waals surface area contributed by atoms with Gasteiger partial charge in [-0.3, -0.25) is 4.68 Å². The van der Waals surface area contributed by atoms with Crippen molar-refractivity contribution in [1.29, 1.82) is 0 Å². The molecule has 1 aliphatic rings. The van der Waals surface area contributed by atoms with Crippen molar-refractivity contribution in [1.82, 2.24) is 9.78 Å². The first-order chi connectivity index (χ1) is 9.58. The van der Waals surface area contributed by atoms with Gasteiger partial charge in [-0.05, 0) is 24.5 Å². The van der Waals surface area contributed by atoms with Crippen LogP contribution in [0.25, 0.3) is 0 Å². The fraction of sp³-hybridized carbons (Fsp3) is 0.333. The third-order valence-electron chi connectivity index (χ3n) is 3.87. The van der Waals surface area contributed by atoms with E-state index in [4.69, 9.17) is 18.0 Å². The third-order valence-corrected chi connectivity index (χ3v) is 4.07. The normalized spacial score (nSPS) is 14.2. The highest BCUT2D eigenvalue weighted by Crippen LogP contribution is 2.28. The Kier molecular flexibility index (Phi) is 3.22. The molecule has 2 heterocycles. The van der Waals surface area contributed by atoms with Crippen LogP contribution in [0.5, 0.6) is 0 Å². The topological polar surface area (TPSA) is 47.1 Å². The van der Waals surface area contributed by atoms with Crippen LogP contribution in [0.1, 0.15) is 22.4 Å². The standard InChI is InChI=1S/C15H18N4S/c1-10-13(14(16)20)15(18(2)17-10)19-8-7-11-5-3-4-6-12(11)9-19/h3-6H,7-9H2,1-2H3,(H2,16,20). The van der Waals surface area contributed by atoms with E-state index in [1.54, 1.807) is 0 Å². The van der Waals surface area contributed by atoms with Crippen molar-refractivity contribution in [2.45, 2.75) is 19.9 Å². The maximum absolute atomic E-state index is 5.88. The van der Waals surface area contributed by atoms with Gasteiger partial charge >= 0.3 is 0 Å². The summed E-state index contributed by atoms with van der Waals surface area (Å²) in [6.07, 6.45) is 1.04. The molecule has 0 saturated heterocycles. The number of fused-ring (bicyclic) bond motifs is 1. The smallest absolute Gasteiger partial charge is 0.137 e. The maximum atomic E-state index is 5.88. The number of hydrogen-bond donors (Lipinski definition) is 1. The lowest BCUT2D eigenvalue weighted by atomic mass is 9.99. The third kappa shape index (κ3) is 2.08. The van der Waals surface area contributed by atoms with Crippen molar-refractivity contribution in [2.24, 2.45) is 12.8 Å². The minimum Gasteiger partial charge on any atom is -0.389 e. The van der Waals surface area contributed by atoms with Crippen molar-refractivity contribution >= 4 is 23.0 Å². The van der Waals surface area contributed by atoms with E-state index in [2.05, 4.69) is 34.3 Å². The van der Waals surface area contributed by atoms with Gasteiger partial charge in [0.2, 0.25) is 0 Å². The SMILES string of the molecule is Cc1nn(C)c(N2CCc3ccccc3C2)c1C(N)=S. The molecule has 20 heavy (non-hydrogen) atoms. The van der Waals surface area contributed by atoms with E-state index in [9.17, 15) is 0 Å². The van der Waals surface area contributed by atoms with Crippen molar-refractivity contribution < 1.29 is 0 Å². The zero-order valence-corrected chi connectivity index (χ0v) is 12.6. The molecule has 3 rings (SSSR count). The van der Waals surface area contributed by atoms with Gasteiger partial charge in [0.25, 0.3) is 0 Å². The number of aromatic nitrogens is 2. The van der Waals surface area contributed by atoms with E-state index in [1.807, 2.05) is 18.7 Å². The first kappa shape index (κ1) is 13.1. The van der Waals surface area contributed by atoms with E-state index in [0.717, 1.165) is 36.6 Å². The van der Waals surface area contributed by atoms with Crippen molar-refractivity contribution in [2.75, 3.05) is 11.4 Å². The molecule has 1 aromatic carbocycles. The molecule has 0 radical (unpaired) electrons. The fourth-order valence-electron chi connectivity index (χ4n) is 2.97. The van der Waals surface area contributed by atoms with Gasteiger partial charge in [0.15, 0.2) is 0 Å². The van der Waals surface area contributed by atoms with Crippen molar-refractivity contribution in [3.63, 3.8) is 0 Å². The average Bonchev–Trinajstić information content (AvgIpc) is 2.73. The molecule has 5 heteroatoms. The predicted molar refractivity (Wildman–Crippen MR) is 85.0 cm³/mol. The Morgan fingerprint density at radius 2 is 2.00 bits per heavy atom. The Labute approximate surface area is 124 Å². The molecular formula is C15H18N4S. The number of rotatable bonds is 2. The van der Waals surface area contributed by atoms with E-state index < -0.39 is 0 Å². The zero-order chi connectivity index (χ0) is 14.3. The summed E-state index contributed by atoms with van der Waals surface area (Å²) in [5.74, 6) is 1.03. The van der Waals surface area contributed by atoms with Crippen LogP contribution in [0.4, 0.5) is 5.82 Å². The molecule has 0 bridgehead atoms. The maximum Gasteiger partial charge on any atom is 0.137 e. The van der Waals surface area contributed by atoms with E-state index in [1.165, 1.54) is 11.1 Å². The number of benzene rings is 1. The van der Waals surface area contributed by atoms with Crippen LogP contribution in [0.15, 0.2) is 24.3 Å². The second-order valence-corrected chi connectivity index (χ2v) is 5.65. The van der Waals surface area contributed by atoms with Crippen LogP contribution >= 0.6 is 12.2 Å². The summed E-state index contributed by atoms with van der Waals surface area (Å²) >= 11 is 5.20. The van der Waals surface area contributed by atoms with Crippen LogP contribution in [-0.4, -0.2) is 21.3 Å². The lowest BCUT2D eigenvalue weighted by Crippen LogP contribution is -2.33. The van der Waals surface area contributed by atoms with Gasteiger partial charge in [0.1, 0.15) is 10.8 Å². The van der Waals surface area contributed by atoms with Crippen LogP contribution in [-0.2, 0) is 20.0 Å². The lowest BCUT2D eigenvalue weighted by molar-refractivity contribution is 0.668. The van der Waals surface area contributed by atoms with Gasteiger partial charge < -0.3 is 10.6 Å². The Hall–Kier alpha value is -1.88. The Morgan fingerprint density at radius 3 is 2.70 bits per heavy atom. The molecular weight excluding hydrogens is 268 g/mol. The van der Waals surface area contributed by atoms with Crippen LogP contribution in [0, 0.1) is 6.92 Å². The summed E-state index contributed by atoms with van der Waals surface area (Å²) in [4.78, 5) is 2.74. The molecule has 0 amide bonds. The van der Waals surface area contributed by atoms with Gasteiger partial charge in [-0.1, -0.05) is 36.5 Å². The Bertz CT molecular complexity index is 675. The van der Waals surface area contributed by atoms with Crippen molar-refractivity contribution in [3.05, 3.63) is 46.6 Å². The number of thiocarbonyl (C=S) groups is 1. The average molecular weight is 286 g/mol. The fourth-order valence-corrected chi connectivity index (χ4v) is 3.21. The zero-order valence-electron chi connectivity index (χ0n) is 11.8. The largest absolute Gasteiger partial charge is 0.389 e. The monoisotopic (exact) mass is 286 g/mol. The quantitative estimate of drug-likeness (QED) is 0.857. The number of nitrogens with two attached hydrogens (primary N) is 1. The molecule has 2 N–H and O–H groups in total. The van der Waals surface area contributed by atoms with E-state index in [0.29, 0.717) is 4.99 Å². The van der Waals surface area contributed by atoms with Gasteiger partial charge in [0, 0.05) is 20.1 Å². The van der Waals surface area contributed by atoms with Crippen LogP contribution in [0.3, 0.4) is 0 Å². The molecule has 0 saturated carbocycles. The predicted octanol–water partition coefficient (Wildman–Crippen LogP) is 1.93. The first-order valence-corrected chi connectivity index (χ1v) is 7.14. The summed E-state index contributed by atoms with van der Waals surface area (Å²) in [7, 11) is 1.95. The summed E-state index contributed by atoms with van der Waals surface area (Å²) in [6.45, 7) is 3.80. The van der Waals surface area contributed by atoms with Gasteiger partial charge in [-0.2, -0.15) is 5.10 Å². The highest BCUT2D eigenvalue weighted by molar-refractivity contribution is 7.80. The molecule has 0 spiro atoms. The summed E-state index contributed by atoms with van der Waals surface area (Å²) in [5, 5.41) is 4.47. The highest BCUT2D eigenvalue weighted by Gasteiger charge is 2.24. The molecule has 0 fully saturated rings. The molecule has 104 valence electrons. The molecule has 0 aliphatic carbocycles. The molecule has 4 nitrogen and oxygen atoms in total. The summed E-state index contributed by atoms with van der Waals surface area (Å²) in [6, 6.07) is 8.58. The van der Waals surface area contributed by atoms with E-state index in [-0.39, 0.29) is 0 Å². The number of aryl methyl sites for hydroxylation is 2. The van der Waals surface area contributed by atoms with Gasteiger partial charge in [-0.15, -0.1) is 0 Å². The minimum absolute atomic E-state index is 0.421. The van der Waals surface area contributed by atoms with Crippen LogP contribution in [0.2, 0.25) is 0 Å². The minimum atomic E-state index is 0.421. The molecule has 1 aromatic heterocycles. The Balaban J connectivity index is 2.02. The number of nitrogens with zero attached hydrogens (tertiary/aromatic N) is 3. The van der Waals surface area contributed by atoms with E-state index >= 15 is 0 Å². The Morgan fingerprint density at radius 1 is 1.30 bits per heavy atom. The molecule has 2 aromatic rings. The van der Waals surface area contributed by atoms with Gasteiger partial charge in [-0.25, -0.2) is 0 Å². The van der Waals surface area contributed by atoms with Gasteiger partial charge in [0.05, 0.1) is 11.3 Å². The second kappa shape index (κ2) is 4.90.